The van der Waals surface area contributed by atoms with Crippen LogP contribution in [0.3, 0.4) is 0 Å². The van der Waals surface area contributed by atoms with Gasteiger partial charge in [-0.2, -0.15) is 0 Å². The van der Waals surface area contributed by atoms with Gasteiger partial charge in [-0.3, -0.25) is 0 Å². The second-order valence-corrected chi connectivity index (χ2v) is 4.71. The molecule has 2 rings (SSSR count). The summed E-state index contributed by atoms with van der Waals surface area (Å²) >= 11 is 5.69. The van der Waals surface area contributed by atoms with Crippen molar-refractivity contribution in [1.29, 1.82) is 0 Å². The molecule has 17 heavy (non-hydrogen) atoms. The van der Waals surface area contributed by atoms with Gasteiger partial charge in [0.2, 0.25) is 5.28 Å². The summed E-state index contributed by atoms with van der Waals surface area (Å²) in [7, 11) is 0. The summed E-state index contributed by atoms with van der Waals surface area (Å²) in [5, 5.41) is 3.69. The van der Waals surface area contributed by atoms with E-state index in [0.717, 1.165) is 37.7 Å². The van der Waals surface area contributed by atoms with Gasteiger partial charge in [-0.05, 0) is 55.9 Å². The zero-order valence-corrected chi connectivity index (χ0v) is 10.6. The van der Waals surface area contributed by atoms with Crippen molar-refractivity contribution in [2.75, 3.05) is 19.7 Å². The quantitative estimate of drug-likeness (QED) is 0.646. The first-order valence-corrected chi connectivity index (χ1v) is 6.48. The molecule has 0 radical (unpaired) electrons. The van der Waals surface area contributed by atoms with Crippen LogP contribution in [0.1, 0.15) is 25.0 Å². The van der Waals surface area contributed by atoms with E-state index in [1.165, 1.54) is 12.8 Å². The highest BCUT2D eigenvalue weighted by Gasteiger charge is 2.12. The normalized spacial score (nSPS) is 20.4. The van der Waals surface area contributed by atoms with Gasteiger partial charge in [0, 0.05) is 12.8 Å². The average Bonchev–Trinajstić information content (AvgIpc) is 2.36. The minimum atomic E-state index is 0.280. The average molecular weight is 256 g/mol. The predicted octanol–water partition coefficient (Wildman–Crippen LogP) is 2.04. The standard InChI is InChI=1S/C12H18ClN3O/c13-12-15-6-3-11(16-12)9-17-7-4-10-2-1-5-14-8-10/h3,6,10,14H,1-2,4-5,7-9H2/t10-/m1/s1. The van der Waals surface area contributed by atoms with Crippen molar-refractivity contribution in [3.05, 3.63) is 23.2 Å². The molecule has 0 amide bonds. The van der Waals surface area contributed by atoms with E-state index in [-0.39, 0.29) is 5.28 Å². The Balaban J connectivity index is 1.62. The van der Waals surface area contributed by atoms with Crippen molar-refractivity contribution in [1.82, 2.24) is 15.3 Å². The number of nitrogens with zero attached hydrogens (tertiary/aromatic N) is 2. The Labute approximate surface area is 107 Å². The summed E-state index contributed by atoms with van der Waals surface area (Å²) in [5.74, 6) is 0.762. The molecule has 1 fully saturated rings. The molecule has 5 heteroatoms. The molecule has 1 aliphatic rings. The van der Waals surface area contributed by atoms with Crippen molar-refractivity contribution in [2.45, 2.75) is 25.9 Å². The molecule has 0 unspecified atom stereocenters. The van der Waals surface area contributed by atoms with Crippen molar-refractivity contribution in [3.8, 4) is 0 Å². The van der Waals surface area contributed by atoms with Gasteiger partial charge in [0.15, 0.2) is 0 Å². The number of rotatable bonds is 5. The molecule has 0 aromatic carbocycles. The third-order valence-electron chi connectivity index (χ3n) is 3.00. The van der Waals surface area contributed by atoms with Crippen LogP contribution in [0.15, 0.2) is 12.3 Å². The first-order valence-electron chi connectivity index (χ1n) is 6.10. The van der Waals surface area contributed by atoms with Crippen LogP contribution in [0.25, 0.3) is 0 Å². The molecule has 94 valence electrons. The summed E-state index contributed by atoms with van der Waals surface area (Å²) in [4.78, 5) is 7.91. The third kappa shape index (κ3) is 4.58. The largest absolute Gasteiger partial charge is 0.375 e. The molecule has 0 saturated carbocycles. The molecule has 0 bridgehead atoms. The highest BCUT2D eigenvalue weighted by molar-refractivity contribution is 6.28. The number of aromatic nitrogens is 2. The van der Waals surface area contributed by atoms with E-state index in [4.69, 9.17) is 16.3 Å². The smallest absolute Gasteiger partial charge is 0.222 e. The molecule has 2 heterocycles. The van der Waals surface area contributed by atoms with E-state index in [0.29, 0.717) is 6.61 Å². The first-order chi connectivity index (χ1) is 8.34. The highest BCUT2D eigenvalue weighted by atomic mass is 35.5. The van der Waals surface area contributed by atoms with Crippen LogP contribution in [-0.4, -0.2) is 29.7 Å². The number of hydrogen-bond donors (Lipinski definition) is 1. The van der Waals surface area contributed by atoms with Gasteiger partial charge >= 0.3 is 0 Å². The predicted molar refractivity (Wildman–Crippen MR) is 66.9 cm³/mol. The van der Waals surface area contributed by atoms with E-state index in [1.54, 1.807) is 6.20 Å². The number of nitrogens with one attached hydrogen (secondary N) is 1. The Morgan fingerprint density at radius 1 is 1.53 bits per heavy atom. The lowest BCUT2D eigenvalue weighted by atomic mass is 9.97. The molecular formula is C12H18ClN3O. The Kier molecular flexibility index (Phi) is 5.16. The van der Waals surface area contributed by atoms with Crippen LogP contribution in [0.2, 0.25) is 5.28 Å². The first kappa shape index (κ1) is 12.7. The zero-order chi connectivity index (χ0) is 11.9. The highest BCUT2D eigenvalue weighted by Crippen LogP contribution is 2.14. The Hall–Kier alpha value is -0.710. The lowest BCUT2D eigenvalue weighted by Gasteiger charge is -2.22. The van der Waals surface area contributed by atoms with Crippen molar-refractivity contribution >= 4 is 11.6 Å². The van der Waals surface area contributed by atoms with Gasteiger partial charge in [0.05, 0.1) is 12.3 Å². The maximum Gasteiger partial charge on any atom is 0.222 e. The molecule has 1 N–H and O–H groups in total. The molecule has 1 saturated heterocycles. The second kappa shape index (κ2) is 6.89. The van der Waals surface area contributed by atoms with Gasteiger partial charge in [0.25, 0.3) is 0 Å². The Morgan fingerprint density at radius 3 is 3.24 bits per heavy atom. The molecule has 0 spiro atoms. The summed E-state index contributed by atoms with van der Waals surface area (Å²) in [6.45, 7) is 3.59. The van der Waals surface area contributed by atoms with Crippen LogP contribution in [0.5, 0.6) is 0 Å². The minimum Gasteiger partial charge on any atom is -0.375 e. The summed E-state index contributed by atoms with van der Waals surface area (Å²) in [6.07, 6.45) is 5.37. The summed E-state index contributed by atoms with van der Waals surface area (Å²) in [5.41, 5.74) is 0.840. The van der Waals surface area contributed by atoms with E-state index in [2.05, 4.69) is 15.3 Å². The number of hydrogen-bond acceptors (Lipinski definition) is 4. The van der Waals surface area contributed by atoms with Crippen LogP contribution >= 0.6 is 11.6 Å². The molecular weight excluding hydrogens is 238 g/mol. The fraction of sp³-hybridized carbons (Fsp3) is 0.667. The van der Waals surface area contributed by atoms with Gasteiger partial charge in [0.1, 0.15) is 0 Å². The van der Waals surface area contributed by atoms with E-state index in [9.17, 15) is 0 Å². The fourth-order valence-electron chi connectivity index (χ4n) is 2.05. The lowest BCUT2D eigenvalue weighted by molar-refractivity contribution is 0.101. The van der Waals surface area contributed by atoms with Crippen molar-refractivity contribution in [3.63, 3.8) is 0 Å². The number of halogens is 1. The molecule has 4 nitrogen and oxygen atoms in total. The number of piperidine rings is 1. The Bertz CT molecular complexity index is 342. The second-order valence-electron chi connectivity index (χ2n) is 4.37. The topological polar surface area (TPSA) is 47.0 Å². The SMILES string of the molecule is Clc1nccc(COCC[C@H]2CCCNC2)n1. The van der Waals surface area contributed by atoms with Gasteiger partial charge in [-0.1, -0.05) is 0 Å². The summed E-state index contributed by atoms with van der Waals surface area (Å²) < 4.78 is 5.60. The molecule has 0 aliphatic carbocycles. The van der Waals surface area contributed by atoms with E-state index in [1.807, 2.05) is 6.07 Å². The monoisotopic (exact) mass is 255 g/mol. The lowest BCUT2D eigenvalue weighted by Crippen LogP contribution is -2.30. The molecule has 1 atom stereocenters. The molecule has 1 aromatic heterocycles. The van der Waals surface area contributed by atoms with Gasteiger partial charge in [-0.15, -0.1) is 0 Å². The van der Waals surface area contributed by atoms with Crippen molar-refractivity contribution < 1.29 is 4.74 Å². The summed E-state index contributed by atoms with van der Waals surface area (Å²) in [6, 6.07) is 1.83. The Morgan fingerprint density at radius 2 is 2.47 bits per heavy atom. The van der Waals surface area contributed by atoms with Crippen LogP contribution < -0.4 is 5.32 Å². The van der Waals surface area contributed by atoms with Crippen LogP contribution in [0.4, 0.5) is 0 Å². The van der Waals surface area contributed by atoms with Crippen molar-refractivity contribution in [2.24, 2.45) is 5.92 Å². The molecule has 1 aromatic rings. The van der Waals surface area contributed by atoms with E-state index >= 15 is 0 Å². The maximum absolute atomic E-state index is 5.69. The fourth-order valence-corrected chi connectivity index (χ4v) is 2.21. The van der Waals surface area contributed by atoms with Gasteiger partial charge in [-0.25, -0.2) is 9.97 Å². The third-order valence-corrected chi connectivity index (χ3v) is 3.19. The van der Waals surface area contributed by atoms with Crippen LogP contribution in [0, 0.1) is 5.92 Å². The maximum atomic E-state index is 5.69. The molecule has 1 aliphatic heterocycles. The van der Waals surface area contributed by atoms with E-state index < -0.39 is 0 Å². The van der Waals surface area contributed by atoms with Gasteiger partial charge < -0.3 is 10.1 Å². The van der Waals surface area contributed by atoms with Crippen LogP contribution in [-0.2, 0) is 11.3 Å². The minimum absolute atomic E-state index is 0.280. The zero-order valence-electron chi connectivity index (χ0n) is 9.86. The number of ether oxygens (including phenoxy) is 1.